The molecule has 2 rings (SSSR count). The van der Waals surface area contributed by atoms with Crippen LogP contribution in [0.25, 0.3) is 0 Å². The van der Waals surface area contributed by atoms with Gasteiger partial charge in [0.05, 0.1) is 33.0 Å². The number of nitrogens with one attached hydrogen (secondary N) is 1. The minimum Gasteiger partial charge on any atom is -0.493 e. The van der Waals surface area contributed by atoms with Gasteiger partial charge in [0.2, 0.25) is 5.91 Å². The highest BCUT2D eigenvalue weighted by Gasteiger charge is 2.26. The summed E-state index contributed by atoms with van der Waals surface area (Å²) in [7, 11) is 3.15. The van der Waals surface area contributed by atoms with E-state index in [1.54, 1.807) is 51.3 Å². The van der Waals surface area contributed by atoms with Gasteiger partial charge in [-0.05, 0) is 64.1 Å². The molecule has 0 saturated heterocycles. The molecule has 0 aliphatic rings. The first kappa shape index (κ1) is 43.2. The van der Waals surface area contributed by atoms with Crippen LogP contribution in [0.15, 0.2) is 73.1 Å². The molecule has 0 aliphatic carbocycles. The highest BCUT2D eigenvalue weighted by atomic mass is 16.5. The number of methoxy groups -OCH3 is 2. The van der Waals surface area contributed by atoms with Crippen molar-refractivity contribution < 1.29 is 28.6 Å². The number of aldehydes is 1. The van der Waals surface area contributed by atoms with Gasteiger partial charge in [0.25, 0.3) is 0 Å². The summed E-state index contributed by atoms with van der Waals surface area (Å²) in [6.45, 7) is 21.1. The number of hydrogen-bond acceptors (Lipinski definition) is 8. The van der Waals surface area contributed by atoms with Crippen LogP contribution in [0.2, 0.25) is 0 Å². The predicted octanol–water partition coefficient (Wildman–Crippen LogP) is 6.77. The van der Waals surface area contributed by atoms with E-state index >= 15 is 0 Å². The lowest BCUT2D eigenvalue weighted by atomic mass is 10.1. The number of benzene rings is 2. The van der Waals surface area contributed by atoms with Crippen molar-refractivity contribution in [3.63, 3.8) is 0 Å². The molecule has 2 aromatic rings. The number of nitrogens with two attached hydrogens (primary N) is 1. The number of carbonyl (C=O) groups excluding carboxylic acids is 3. The number of allylic oxidation sites excluding steroid dienone is 1. The fourth-order valence-corrected chi connectivity index (χ4v) is 3.38. The number of ketones is 1. The van der Waals surface area contributed by atoms with Gasteiger partial charge in [0.15, 0.2) is 17.3 Å². The van der Waals surface area contributed by atoms with Crippen LogP contribution in [0.3, 0.4) is 0 Å². The number of amides is 1. The van der Waals surface area contributed by atoms with E-state index in [1.807, 2.05) is 70.3 Å². The van der Waals surface area contributed by atoms with E-state index in [0.717, 1.165) is 23.0 Å². The first-order valence-electron chi connectivity index (χ1n) is 15.2. The molecule has 0 spiro atoms. The molecule has 0 bridgehead atoms. The van der Waals surface area contributed by atoms with Crippen LogP contribution in [0.1, 0.15) is 85.9 Å². The summed E-state index contributed by atoms with van der Waals surface area (Å²) >= 11 is 0. The molecule has 0 aliphatic heterocycles. The van der Waals surface area contributed by atoms with Crippen molar-refractivity contribution in [1.82, 2.24) is 10.2 Å². The van der Waals surface area contributed by atoms with Crippen LogP contribution in [0.4, 0.5) is 0 Å². The van der Waals surface area contributed by atoms with E-state index in [1.165, 1.54) is 13.3 Å². The van der Waals surface area contributed by atoms with Crippen LogP contribution in [-0.2, 0) is 25.7 Å². The molecule has 0 aromatic heterocycles. The van der Waals surface area contributed by atoms with E-state index in [-0.39, 0.29) is 18.3 Å². The second-order valence-electron chi connectivity index (χ2n) is 10.6. The van der Waals surface area contributed by atoms with Crippen molar-refractivity contribution in [3.05, 3.63) is 84.2 Å². The fraction of sp³-hybridized carbons (Fsp3) is 0.472. The molecule has 2 atom stereocenters. The summed E-state index contributed by atoms with van der Waals surface area (Å²) in [4.78, 5) is 36.5. The Balaban J connectivity index is 0. The van der Waals surface area contributed by atoms with Crippen molar-refractivity contribution in [1.29, 1.82) is 0 Å². The third kappa shape index (κ3) is 17.8. The third-order valence-corrected chi connectivity index (χ3v) is 5.59. The molecule has 0 fully saturated rings. The second-order valence-corrected chi connectivity index (χ2v) is 10.6. The van der Waals surface area contributed by atoms with Crippen LogP contribution >= 0.6 is 0 Å². The Morgan fingerprint density at radius 3 is 1.98 bits per heavy atom. The van der Waals surface area contributed by atoms with Gasteiger partial charge < -0.3 is 35.0 Å². The monoisotopic (exact) mass is 627 g/mol. The molecule has 45 heavy (non-hydrogen) atoms. The van der Waals surface area contributed by atoms with E-state index in [2.05, 4.69) is 25.7 Å². The lowest BCUT2D eigenvalue weighted by molar-refractivity contribution is -0.131. The molecule has 252 valence electrons. The zero-order chi connectivity index (χ0) is 35.0. The van der Waals surface area contributed by atoms with Gasteiger partial charge in [-0.3, -0.25) is 9.59 Å². The standard InChI is InChI=1S/C16H21NO3.C15H22N2O3.C3H8.C2H6/c1-6-17(10-12(2)3)14(11-18)13-7-8-15(19-4)16(9-13)20-5;1-11(18)13(17-14(19)15(2,3)16)10-20-9-12-7-5-4-6-8-12;1-3-2;1-2/h6-11,14H,1H2,2-5H3;4-8,13H,9-10,16H2,1-3H3,(H,17,19);3H2,1-2H3;1-2H3. The number of hydrogen-bond donors (Lipinski definition) is 2. The first-order valence-corrected chi connectivity index (χ1v) is 15.2. The molecule has 3 N–H and O–H groups in total. The quantitative estimate of drug-likeness (QED) is 0.220. The Morgan fingerprint density at radius 2 is 1.56 bits per heavy atom. The van der Waals surface area contributed by atoms with Crippen molar-refractivity contribution in [3.8, 4) is 11.5 Å². The molecular weight excluding hydrogens is 570 g/mol. The first-order chi connectivity index (χ1) is 21.3. The Labute approximate surface area is 271 Å². The zero-order valence-corrected chi connectivity index (χ0v) is 29.3. The predicted molar refractivity (Wildman–Crippen MR) is 184 cm³/mol. The largest absolute Gasteiger partial charge is 0.493 e. The Morgan fingerprint density at radius 1 is 1.00 bits per heavy atom. The summed E-state index contributed by atoms with van der Waals surface area (Å²) in [5, 5.41) is 2.60. The Bertz CT molecular complexity index is 1160. The second kappa shape index (κ2) is 24.4. The van der Waals surface area contributed by atoms with Gasteiger partial charge >= 0.3 is 0 Å². The number of ether oxygens (including phenoxy) is 3. The molecular formula is C36H57N3O6. The topological polar surface area (TPSA) is 120 Å². The molecule has 0 radical (unpaired) electrons. The minimum atomic E-state index is -1.02. The van der Waals surface area contributed by atoms with Crippen molar-refractivity contribution in [2.45, 2.75) is 93.0 Å². The van der Waals surface area contributed by atoms with Crippen LogP contribution in [0.5, 0.6) is 11.5 Å². The molecule has 2 aromatic carbocycles. The summed E-state index contributed by atoms with van der Waals surface area (Å²) < 4.78 is 15.9. The highest BCUT2D eigenvalue weighted by molar-refractivity contribution is 5.91. The maximum atomic E-state index is 11.8. The smallest absolute Gasteiger partial charge is 0.240 e. The number of Topliss-reactive ketones (excluding diaryl/α,β-unsaturated/α-hetero) is 1. The molecule has 0 saturated carbocycles. The van der Waals surface area contributed by atoms with E-state index in [4.69, 9.17) is 19.9 Å². The van der Waals surface area contributed by atoms with Crippen molar-refractivity contribution >= 4 is 18.0 Å². The normalized spacial score (nSPS) is 11.2. The Hall–Kier alpha value is -3.95. The van der Waals surface area contributed by atoms with Crippen molar-refractivity contribution in [2.24, 2.45) is 5.73 Å². The number of carbonyl (C=O) groups is 3. The summed E-state index contributed by atoms with van der Waals surface area (Å²) in [6.07, 6.45) is 5.63. The lowest BCUT2D eigenvalue weighted by Gasteiger charge is -2.24. The van der Waals surface area contributed by atoms with Crippen LogP contribution < -0.4 is 20.5 Å². The van der Waals surface area contributed by atoms with Crippen LogP contribution in [-0.4, -0.2) is 55.3 Å². The van der Waals surface area contributed by atoms with E-state index in [0.29, 0.717) is 18.1 Å². The summed E-state index contributed by atoms with van der Waals surface area (Å²) in [6, 6.07) is 13.9. The summed E-state index contributed by atoms with van der Waals surface area (Å²) in [5.74, 6) is 0.697. The van der Waals surface area contributed by atoms with Crippen LogP contribution in [0, 0.1) is 0 Å². The van der Waals surface area contributed by atoms with E-state index in [9.17, 15) is 14.4 Å². The Kier molecular flexibility index (Phi) is 23.4. The number of rotatable bonds is 14. The molecule has 9 heteroatoms. The van der Waals surface area contributed by atoms with Gasteiger partial charge in [-0.25, -0.2) is 0 Å². The van der Waals surface area contributed by atoms with Gasteiger partial charge in [-0.1, -0.05) is 82.7 Å². The van der Waals surface area contributed by atoms with Gasteiger partial charge in [0, 0.05) is 6.20 Å². The summed E-state index contributed by atoms with van der Waals surface area (Å²) in [5.41, 5.74) is 7.57. The average Bonchev–Trinajstić information content (AvgIpc) is 3.01. The highest BCUT2D eigenvalue weighted by Crippen LogP contribution is 2.31. The SMILES string of the molecule is C=CN(C=C(C)C)C(C=O)c1ccc(OC)c(OC)c1.CC.CC(=O)C(COCc1ccccc1)NC(=O)C(C)(C)N.CCC. The molecule has 1 amide bonds. The van der Waals surface area contributed by atoms with Gasteiger partial charge in [0.1, 0.15) is 18.4 Å². The lowest BCUT2D eigenvalue weighted by Crippen LogP contribution is -2.54. The zero-order valence-electron chi connectivity index (χ0n) is 29.3. The maximum Gasteiger partial charge on any atom is 0.240 e. The van der Waals surface area contributed by atoms with E-state index < -0.39 is 17.6 Å². The third-order valence-electron chi connectivity index (χ3n) is 5.59. The fourth-order valence-electron chi connectivity index (χ4n) is 3.38. The molecule has 0 heterocycles. The molecule has 9 nitrogen and oxygen atoms in total. The van der Waals surface area contributed by atoms with Gasteiger partial charge in [-0.15, -0.1) is 0 Å². The average molecular weight is 628 g/mol. The van der Waals surface area contributed by atoms with Gasteiger partial charge in [-0.2, -0.15) is 0 Å². The number of nitrogens with zero attached hydrogens (tertiary/aromatic N) is 1. The van der Waals surface area contributed by atoms with Crippen molar-refractivity contribution in [2.75, 3.05) is 20.8 Å². The maximum absolute atomic E-state index is 11.8. The minimum absolute atomic E-state index is 0.131. The molecule has 2 unspecified atom stereocenters.